The van der Waals surface area contributed by atoms with Gasteiger partial charge in [0.1, 0.15) is 12.6 Å². The SMILES string of the molecule is CC(C)C/C=N/NC(=O)c1ccc[n+](C)c1. The molecule has 0 aliphatic carbocycles. The molecule has 0 saturated heterocycles. The highest BCUT2D eigenvalue weighted by Crippen LogP contribution is 1.95. The van der Waals surface area contributed by atoms with Crippen LogP contribution in [-0.2, 0) is 7.05 Å². The molecule has 16 heavy (non-hydrogen) atoms. The smallest absolute Gasteiger partial charge is 0.267 e. The topological polar surface area (TPSA) is 45.3 Å². The van der Waals surface area contributed by atoms with Gasteiger partial charge in [-0.3, -0.25) is 4.79 Å². The van der Waals surface area contributed by atoms with Crippen molar-refractivity contribution >= 4 is 12.1 Å². The number of pyridine rings is 1. The summed E-state index contributed by atoms with van der Waals surface area (Å²) in [4.78, 5) is 11.6. The molecule has 0 aliphatic heterocycles. The Hall–Kier alpha value is -1.71. The number of hydrogen-bond acceptors (Lipinski definition) is 2. The second kappa shape index (κ2) is 6.00. The molecule has 1 heterocycles. The molecule has 0 fully saturated rings. The summed E-state index contributed by atoms with van der Waals surface area (Å²) in [5.74, 6) is 0.367. The molecule has 1 N–H and O–H groups in total. The normalized spacial score (nSPS) is 11.0. The van der Waals surface area contributed by atoms with E-state index in [4.69, 9.17) is 0 Å². The average Bonchev–Trinajstić information content (AvgIpc) is 2.24. The van der Waals surface area contributed by atoms with Crippen molar-refractivity contribution in [3.63, 3.8) is 0 Å². The summed E-state index contributed by atoms with van der Waals surface area (Å²) in [6.45, 7) is 4.20. The Balaban J connectivity index is 2.50. The van der Waals surface area contributed by atoms with Gasteiger partial charge in [0.25, 0.3) is 5.91 Å². The molecule has 1 aromatic heterocycles. The number of hydrazone groups is 1. The van der Waals surface area contributed by atoms with E-state index in [9.17, 15) is 4.79 Å². The molecular formula is C12H18N3O+. The molecule has 0 radical (unpaired) electrons. The van der Waals surface area contributed by atoms with Gasteiger partial charge in [0.05, 0.1) is 0 Å². The third-order valence-corrected chi connectivity index (χ3v) is 2.04. The van der Waals surface area contributed by atoms with Crippen molar-refractivity contribution in [2.45, 2.75) is 20.3 Å². The zero-order chi connectivity index (χ0) is 12.0. The molecule has 0 spiro atoms. The first-order valence-electron chi connectivity index (χ1n) is 5.36. The van der Waals surface area contributed by atoms with E-state index in [1.165, 1.54) is 0 Å². The third-order valence-electron chi connectivity index (χ3n) is 2.04. The van der Waals surface area contributed by atoms with E-state index < -0.39 is 0 Å². The number of rotatable bonds is 4. The minimum absolute atomic E-state index is 0.184. The Bertz CT molecular complexity index is 386. The lowest BCUT2D eigenvalue weighted by Crippen LogP contribution is -2.29. The van der Waals surface area contributed by atoms with Gasteiger partial charge in [-0.2, -0.15) is 5.10 Å². The van der Waals surface area contributed by atoms with Crippen LogP contribution < -0.4 is 9.99 Å². The Morgan fingerprint density at radius 1 is 1.62 bits per heavy atom. The number of aryl methyl sites for hydroxylation is 1. The van der Waals surface area contributed by atoms with Gasteiger partial charge in [-0.05, 0) is 18.4 Å². The number of amides is 1. The van der Waals surface area contributed by atoms with Crippen LogP contribution in [0.15, 0.2) is 29.6 Å². The van der Waals surface area contributed by atoms with Gasteiger partial charge >= 0.3 is 0 Å². The molecule has 1 amide bonds. The second-order valence-corrected chi connectivity index (χ2v) is 4.14. The maximum atomic E-state index is 11.6. The fourth-order valence-electron chi connectivity index (χ4n) is 1.15. The third kappa shape index (κ3) is 4.21. The Morgan fingerprint density at radius 2 is 2.38 bits per heavy atom. The van der Waals surface area contributed by atoms with E-state index in [1.54, 1.807) is 18.5 Å². The number of aromatic nitrogens is 1. The van der Waals surface area contributed by atoms with E-state index in [0.29, 0.717) is 11.5 Å². The summed E-state index contributed by atoms with van der Waals surface area (Å²) >= 11 is 0. The van der Waals surface area contributed by atoms with Crippen LogP contribution in [0.1, 0.15) is 30.6 Å². The van der Waals surface area contributed by atoms with E-state index in [0.717, 1.165) is 6.42 Å². The molecule has 1 rings (SSSR count). The first kappa shape index (κ1) is 12.4. The maximum Gasteiger partial charge on any atom is 0.277 e. The fourth-order valence-corrected chi connectivity index (χ4v) is 1.15. The predicted molar refractivity (Wildman–Crippen MR) is 63.0 cm³/mol. The van der Waals surface area contributed by atoms with Gasteiger partial charge in [0.15, 0.2) is 12.4 Å². The minimum Gasteiger partial charge on any atom is -0.267 e. The van der Waals surface area contributed by atoms with Gasteiger partial charge in [-0.1, -0.05) is 13.8 Å². The van der Waals surface area contributed by atoms with Crippen LogP contribution in [-0.4, -0.2) is 12.1 Å². The van der Waals surface area contributed by atoms with Crippen molar-refractivity contribution in [3.8, 4) is 0 Å². The molecule has 0 atom stereocenters. The molecule has 86 valence electrons. The number of nitrogens with one attached hydrogen (secondary N) is 1. The molecule has 0 bridgehead atoms. The first-order chi connectivity index (χ1) is 7.59. The van der Waals surface area contributed by atoms with E-state index in [1.807, 2.05) is 23.9 Å². The largest absolute Gasteiger partial charge is 0.277 e. The van der Waals surface area contributed by atoms with Crippen LogP contribution in [0.2, 0.25) is 0 Å². The van der Waals surface area contributed by atoms with E-state index >= 15 is 0 Å². The molecule has 1 aromatic rings. The highest BCUT2D eigenvalue weighted by atomic mass is 16.2. The quantitative estimate of drug-likeness (QED) is 0.463. The van der Waals surface area contributed by atoms with Crippen molar-refractivity contribution in [3.05, 3.63) is 30.1 Å². The predicted octanol–water partition coefficient (Wildman–Crippen LogP) is 1.27. The number of hydrogen-bond donors (Lipinski definition) is 1. The lowest BCUT2D eigenvalue weighted by Gasteiger charge is -1.99. The van der Waals surface area contributed by atoms with Crippen LogP contribution in [0, 0.1) is 5.92 Å². The lowest BCUT2D eigenvalue weighted by molar-refractivity contribution is -0.671. The molecule has 0 saturated carbocycles. The van der Waals surface area contributed by atoms with Gasteiger partial charge in [0, 0.05) is 12.3 Å². The van der Waals surface area contributed by atoms with Crippen LogP contribution in [0.25, 0.3) is 0 Å². The molecule has 0 aliphatic rings. The Labute approximate surface area is 96.0 Å². The number of carbonyl (C=O) groups is 1. The number of carbonyl (C=O) groups excluding carboxylic acids is 1. The van der Waals surface area contributed by atoms with Crippen molar-refractivity contribution in [1.29, 1.82) is 0 Å². The zero-order valence-electron chi connectivity index (χ0n) is 9.97. The summed E-state index contributed by atoms with van der Waals surface area (Å²) in [7, 11) is 1.87. The van der Waals surface area contributed by atoms with Gasteiger partial charge in [-0.15, -0.1) is 0 Å². The summed E-state index contributed by atoms with van der Waals surface area (Å²) < 4.78 is 1.83. The summed E-state index contributed by atoms with van der Waals surface area (Å²) in [6.07, 6.45) is 6.22. The van der Waals surface area contributed by atoms with Gasteiger partial charge < -0.3 is 0 Å². The first-order valence-corrected chi connectivity index (χ1v) is 5.36. The second-order valence-electron chi connectivity index (χ2n) is 4.14. The van der Waals surface area contributed by atoms with Crippen LogP contribution in [0.4, 0.5) is 0 Å². The molecule has 0 aromatic carbocycles. The van der Waals surface area contributed by atoms with Crippen LogP contribution >= 0.6 is 0 Å². The van der Waals surface area contributed by atoms with Crippen molar-refractivity contribution in [2.24, 2.45) is 18.1 Å². The van der Waals surface area contributed by atoms with E-state index in [-0.39, 0.29) is 5.91 Å². The molecule has 4 nitrogen and oxygen atoms in total. The summed E-state index contributed by atoms with van der Waals surface area (Å²) in [5.41, 5.74) is 3.10. The zero-order valence-corrected chi connectivity index (χ0v) is 9.97. The van der Waals surface area contributed by atoms with E-state index in [2.05, 4.69) is 24.4 Å². The van der Waals surface area contributed by atoms with Crippen molar-refractivity contribution in [2.75, 3.05) is 0 Å². The van der Waals surface area contributed by atoms with Gasteiger partial charge in [-0.25, -0.2) is 9.99 Å². The Morgan fingerprint density at radius 3 is 3.00 bits per heavy atom. The average molecular weight is 220 g/mol. The van der Waals surface area contributed by atoms with Crippen molar-refractivity contribution in [1.82, 2.24) is 5.43 Å². The fraction of sp³-hybridized carbons (Fsp3) is 0.417. The van der Waals surface area contributed by atoms with Gasteiger partial charge in [0.2, 0.25) is 0 Å². The van der Waals surface area contributed by atoms with Crippen LogP contribution in [0.3, 0.4) is 0 Å². The summed E-state index contributed by atoms with van der Waals surface area (Å²) in [5, 5.41) is 3.88. The highest BCUT2D eigenvalue weighted by Gasteiger charge is 2.07. The minimum atomic E-state index is -0.184. The standard InChI is InChI=1S/C12H17N3O/c1-10(2)6-7-13-14-12(16)11-5-4-8-15(3)9-11/h4-5,7-10H,6H2,1-3H3/p+1/b13-7+. The number of nitrogens with zero attached hydrogens (tertiary/aromatic N) is 2. The highest BCUT2D eigenvalue weighted by molar-refractivity contribution is 5.93. The monoisotopic (exact) mass is 220 g/mol. The molecular weight excluding hydrogens is 202 g/mol. The van der Waals surface area contributed by atoms with Crippen molar-refractivity contribution < 1.29 is 9.36 Å². The molecule has 4 heteroatoms. The Kier molecular flexibility index (Phi) is 4.64. The van der Waals surface area contributed by atoms with Crippen LogP contribution in [0.5, 0.6) is 0 Å². The maximum absolute atomic E-state index is 11.6. The molecule has 0 unspecified atom stereocenters. The lowest BCUT2D eigenvalue weighted by atomic mass is 10.2. The summed E-state index contributed by atoms with van der Waals surface area (Å²) in [6, 6.07) is 3.58.